The Morgan fingerprint density at radius 1 is 1.06 bits per heavy atom. The number of hydrogen-bond acceptors (Lipinski definition) is 5. The number of rotatable bonds is 3. The van der Waals surface area contributed by atoms with Crippen molar-refractivity contribution in [2.24, 2.45) is 0 Å². The molecule has 4 nitrogen and oxygen atoms in total. The first-order valence-corrected chi connectivity index (χ1v) is 6.16. The van der Waals surface area contributed by atoms with Gasteiger partial charge in [0.2, 0.25) is 0 Å². The van der Waals surface area contributed by atoms with Gasteiger partial charge in [0.1, 0.15) is 5.69 Å². The first-order chi connectivity index (χ1) is 8.09. The second-order valence-corrected chi connectivity index (χ2v) is 5.21. The average molecular weight is 248 g/mol. The molecule has 0 saturated heterocycles. The zero-order valence-electron chi connectivity index (χ0n) is 10.5. The Morgan fingerprint density at radius 3 is 2.35 bits per heavy atom. The Labute approximate surface area is 106 Å². The normalized spacial score (nSPS) is 10.4. The maximum absolute atomic E-state index is 4.37. The molecule has 0 spiro atoms. The van der Waals surface area contributed by atoms with E-state index in [0.717, 1.165) is 10.6 Å². The van der Waals surface area contributed by atoms with Gasteiger partial charge >= 0.3 is 0 Å². The molecule has 0 aromatic carbocycles. The van der Waals surface area contributed by atoms with Crippen molar-refractivity contribution in [3.63, 3.8) is 0 Å². The van der Waals surface area contributed by atoms with Crippen LogP contribution in [0, 0.1) is 0 Å². The van der Waals surface area contributed by atoms with Crippen LogP contribution in [0.2, 0.25) is 0 Å². The van der Waals surface area contributed by atoms with Crippen molar-refractivity contribution in [2.75, 3.05) is 38.0 Å². The number of nitrogens with zero attached hydrogens (tertiary/aromatic N) is 4. The Kier molecular flexibility index (Phi) is 3.28. The lowest BCUT2D eigenvalue weighted by Crippen LogP contribution is -2.09. The highest BCUT2D eigenvalue weighted by Crippen LogP contribution is 2.40. The molecular formula is C12H16N4S. The molecule has 0 aliphatic carbocycles. The van der Waals surface area contributed by atoms with E-state index in [2.05, 4.69) is 25.8 Å². The summed E-state index contributed by atoms with van der Waals surface area (Å²) in [7, 11) is 8.18. The van der Waals surface area contributed by atoms with Crippen molar-refractivity contribution in [3.05, 3.63) is 24.7 Å². The average Bonchev–Trinajstić information content (AvgIpc) is 2.75. The fraction of sp³-hybridized carbons (Fsp3) is 0.333. The van der Waals surface area contributed by atoms with Gasteiger partial charge in [0.15, 0.2) is 0 Å². The Hall–Kier alpha value is -1.62. The van der Waals surface area contributed by atoms with E-state index >= 15 is 0 Å². The predicted octanol–water partition coefficient (Wildman–Crippen LogP) is 2.34. The molecule has 5 heteroatoms. The molecular weight excluding hydrogens is 232 g/mol. The van der Waals surface area contributed by atoms with E-state index in [4.69, 9.17) is 0 Å². The van der Waals surface area contributed by atoms with Gasteiger partial charge in [0.05, 0.1) is 21.8 Å². The highest BCUT2D eigenvalue weighted by molar-refractivity contribution is 7.20. The molecule has 0 N–H and O–H groups in total. The molecule has 0 saturated carbocycles. The van der Waals surface area contributed by atoms with Crippen molar-refractivity contribution >= 4 is 22.0 Å². The molecule has 90 valence electrons. The Bertz CT molecular complexity index is 490. The molecule has 0 fully saturated rings. The first kappa shape index (κ1) is 11.9. The molecule has 0 radical (unpaired) electrons. The third kappa shape index (κ3) is 2.39. The lowest BCUT2D eigenvalue weighted by molar-refractivity contribution is 1.12. The third-order valence-electron chi connectivity index (χ3n) is 2.42. The van der Waals surface area contributed by atoms with E-state index in [0.29, 0.717) is 0 Å². The Balaban J connectivity index is 2.52. The summed E-state index contributed by atoms with van der Waals surface area (Å²) in [6, 6.07) is 2.18. The van der Waals surface area contributed by atoms with Gasteiger partial charge in [-0.3, -0.25) is 9.97 Å². The van der Waals surface area contributed by atoms with Crippen LogP contribution in [0.1, 0.15) is 0 Å². The van der Waals surface area contributed by atoms with Crippen molar-refractivity contribution in [3.8, 4) is 10.6 Å². The molecule has 2 aromatic rings. The molecule has 0 aliphatic heterocycles. The highest BCUT2D eigenvalue weighted by Gasteiger charge is 2.14. The van der Waals surface area contributed by atoms with Crippen molar-refractivity contribution < 1.29 is 0 Å². The van der Waals surface area contributed by atoms with Crippen LogP contribution in [0.4, 0.5) is 10.7 Å². The van der Waals surface area contributed by atoms with Crippen LogP contribution in [0.15, 0.2) is 24.7 Å². The largest absolute Gasteiger partial charge is 0.376 e. The highest BCUT2D eigenvalue weighted by atomic mass is 32.1. The summed E-state index contributed by atoms with van der Waals surface area (Å²) in [5.41, 5.74) is 2.11. The molecule has 0 bridgehead atoms. The van der Waals surface area contributed by atoms with Crippen LogP contribution in [0.5, 0.6) is 0 Å². The second kappa shape index (κ2) is 4.71. The maximum atomic E-state index is 4.37. The van der Waals surface area contributed by atoms with E-state index in [9.17, 15) is 0 Å². The minimum absolute atomic E-state index is 0.925. The van der Waals surface area contributed by atoms with Crippen molar-refractivity contribution in [1.29, 1.82) is 0 Å². The summed E-state index contributed by atoms with van der Waals surface area (Å²) in [4.78, 5) is 13.9. The Morgan fingerprint density at radius 2 is 1.82 bits per heavy atom. The standard InChI is InChI=1S/C12H16N4S/c1-15(2)10-7-11(16(3)4)17-12(10)9-8-13-5-6-14-9/h5-8H,1-4H3. The number of hydrogen-bond donors (Lipinski definition) is 0. The van der Waals surface area contributed by atoms with Gasteiger partial charge in [-0.05, 0) is 6.07 Å². The second-order valence-electron chi connectivity index (χ2n) is 4.18. The lowest BCUT2D eigenvalue weighted by atomic mass is 10.3. The van der Waals surface area contributed by atoms with Gasteiger partial charge in [0, 0.05) is 40.6 Å². The first-order valence-electron chi connectivity index (χ1n) is 5.34. The van der Waals surface area contributed by atoms with E-state index in [1.54, 1.807) is 29.9 Å². The molecule has 2 rings (SSSR count). The van der Waals surface area contributed by atoms with E-state index < -0.39 is 0 Å². The van der Waals surface area contributed by atoms with E-state index in [1.165, 1.54) is 10.7 Å². The molecule has 2 heterocycles. The van der Waals surface area contributed by atoms with Crippen LogP contribution in [0.3, 0.4) is 0 Å². The maximum Gasteiger partial charge on any atom is 0.101 e. The molecule has 17 heavy (non-hydrogen) atoms. The van der Waals surface area contributed by atoms with Gasteiger partial charge < -0.3 is 9.80 Å². The fourth-order valence-corrected chi connectivity index (χ4v) is 2.64. The third-order valence-corrected chi connectivity index (χ3v) is 3.73. The summed E-state index contributed by atoms with van der Waals surface area (Å²) >= 11 is 1.73. The number of aromatic nitrogens is 2. The number of anilines is 2. The predicted molar refractivity (Wildman–Crippen MR) is 74.0 cm³/mol. The minimum atomic E-state index is 0.925. The van der Waals surface area contributed by atoms with Crippen LogP contribution < -0.4 is 9.80 Å². The summed E-state index contributed by atoms with van der Waals surface area (Å²) < 4.78 is 0. The van der Waals surface area contributed by atoms with Gasteiger partial charge in [-0.1, -0.05) is 0 Å². The monoisotopic (exact) mass is 248 g/mol. The van der Waals surface area contributed by atoms with Gasteiger partial charge in [-0.25, -0.2) is 0 Å². The smallest absolute Gasteiger partial charge is 0.101 e. The zero-order valence-corrected chi connectivity index (χ0v) is 11.3. The summed E-state index contributed by atoms with van der Waals surface area (Å²) in [5.74, 6) is 0. The summed E-state index contributed by atoms with van der Waals surface area (Å²) in [6.45, 7) is 0. The van der Waals surface area contributed by atoms with Crippen LogP contribution >= 0.6 is 11.3 Å². The van der Waals surface area contributed by atoms with Gasteiger partial charge in [0.25, 0.3) is 0 Å². The van der Waals surface area contributed by atoms with Crippen molar-refractivity contribution in [1.82, 2.24) is 9.97 Å². The van der Waals surface area contributed by atoms with Crippen LogP contribution in [-0.2, 0) is 0 Å². The lowest BCUT2D eigenvalue weighted by Gasteiger charge is -2.12. The van der Waals surface area contributed by atoms with Crippen molar-refractivity contribution in [2.45, 2.75) is 0 Å². The molecule has 0 atom stereocenters. The quantitative estimate of drug-likeness (QED) is 0.834. The fourth-order valence-electron chi connectivity index (χ4n) is 1.52. The van der Waals surface area contributed by atoms with Gasteiger partial charge in [-0.15, -0.1) is 11.3 Å². The summed E-state index contributed by atoms with van der Waals surface area (Å²) in [6.07, 6.45) is 5.22. The zero-order chi connectivity index (χ0) is 12.4. The SMILES string of the molecule is CN(C)c1cc(N(C)C)c(-c2cnccn2)s1. The molecule has 0 aliphatic rings. The molecule has 2 aromatic heterocycles. The van der Waals surface area contributed by atoms with E-state index in [-0.39, 0.29) is 0 Å². The van der Waals surface area contributed by atoms with Crippen LogP contribution in [-0.4, -0.2) is 38.2 Å². The number of thiophene rings is 1. The molecule has 0 unspecified atom stereocenters. The molecule has 0 amide bonds. The van der Waals surface area contributed by atoms with E-state index in [1.807, 2.05) is 28.2 Å². The minimum Gasteiger partial charge on any atom is -0.376 e. The van der Waals surface area contributed by atoms with Crippen LogP contribution in [0.25, 0.3) is 10.6 Å². The topological polar surface area (TPSA) is 32.3 Å². The van der Waals surface area contributed by atoms with Gasteiger partial charge in [-0.2, -0.15) is 0 Å². The summed E-state index contributed by atoms with van der Waals surface area (Å²) in [5, 5.41) is 1.22.